The van der Waals surface area contributed by atoms with E-state index in [0.29, 0.717) is 17.1 Å². The molecule has 5 unspecified atom stereocenters. The first kappa shape index (κ1) is 15.8. The van der Waals surface area contributed by atoms with Crippen LogP contribution in [0, 0.1) is 28.6 Å². The fraction of sp³-hybridized carbons (Fsp3) is 0.750. The molecule has 1 aromatic heterocycles. The van der Waals surface area contributed by atoms with Gasteiger partial charge in [0, 0.05) is 12.3 Å². The second-order valence-corrected chi connectivity index (χ2v) is 8.36. The topological polar surface area (TPSA) is 30.2 Å². The van der Waals surface area contributed by atoms with Crippen molar-refractivity contribution in [2.75, 3.05) is 0 Å². The molecule has 0 N–H and O–H groups in total. The van der Waals surface area contributed by atoms with Gasteiger partial charge in [-0.2, -0.15) is 0 Å². The van der Waals surface area contributed by atoms with Gasteiger partial charge in [0.1, 0.15) is 5.78 Å². The summed E-state index contributed by atoms with van der Waals surface area (Å²) in [6, 6.07) is 2.09. The molecule has 0 saturated heterocycles. The number of Topliss-reactive ketones (excluding diaryl/α,β-unsaturated/α-hetero) is 1. The molecule has 22 heavy (non-hydrogen) atoms. The Morgan fingerprint density at radius 2 is 2.05 bits per heavy atom. The van der Waals surface area contributed by atoms with Gasteiger partial charge in [0.05, 0.1) is 12.5 Å². The minimum absolute atomic E-state index is 0.201. The first-order valence-electron chi connectivity index (χ1n) is 8.91. The van der Waals surface area contributed by atoms with Gasteiger partial charge in [-0.25, -0.2) is 0 Å². The van der Waals surface area contributed by atoms with E-state index >= 15 is 0 Å². The molecule has 0 amide bonds. The second kappa shape index (κ2) is 5.54. The Hall–Kier alpha value is -1.05. The number of hydrogen-bond acceptors (Lipinski definition) is 2. The van der Waals surface area contributed by atoms with Crippen LogP contribution < -0.4 is 0 Å². The number of furan rings is 1. The number of ketones is 1. The molecule has 2 aliphatic carbocycles. The van der Waals surface area contributed by atoms with Crippen molar-refractivity contribution in [2.24, 2.45) is 28.6 Å². The molecule has 0 spiro atoms. The maximum atomic E-state index is 12.3. The van der Waals surface area contributed by atoms with Crippen LogP contribution in [-0.4, -0.2) is 5.78 Å². The highest BCUT2D eigenvalue weighted by Crippen LogP contribution is 2.62. The lowest BCUT2D eigenvalue weighted by molar-refractivity contribution is -0.148. The molecule has 0 radical (unpaired) electrons. The van der Waals surface area contributed by atoms with Crippen molar-refractivity contribution in [3.8, 4) is 0 Å². The molecule has 0 bridgehead atoms. The van der Waals surface area contributed by atoms with E-state index in [9.17, 15) is 4.79 Å². The number of rotatable bonds is 3. The zero-order valence-electron chi connectivity index (χ0n) is 14.5. The monoisotopic (exact) mass is 302 g/mol. The fourth-order valence-corrected chi connectivity index (χ4v) is 5.45. The van der Waals surface area contributed by atoms with Crippen molar-refractivity contribution >= 4 is 5.78 Å². The van der Waals surface area contributed by atoms with Crippen molar-refractivity contribution in [3.05, 3.63) is 24.2 Å². The maximum Gasteiger partial charge on any atom is 0.136 e. The molecular weight excluding hydrogens is 272 g/mol. The second-order valence-electron chi connectivity index (χ2n) is 8.36. The largest absolute Gasteiger partial charge is 0.472 e. The van der Waals surface area contributed by atoms with Gasteiger partial charge in [0.15, 0.2) is 0 Å². The number of fused-ring (bicyclic) bond motifs is 1. The molecule has 2 aliphatic rings. The molecule has 2 nitrogen and oxygen atoms in total. The maximum absolute atomic E-state index is 12.3. The van der Waals surface area contributed by atoms with E-state index in [1.807, 2.05) is 6.26 Å². The van der Waals surface area contributed by atoms with E-state index < -0.39 is 0 Å². The Morgan fingerprint density at radius 1 is 1.27 bits per heavy atom. The highest BCUT2D eigenvalue weighted by atomic mass is 16.3. The van der Waals surface area contributed by atoms with Crippen LogP contribution in [-0.2, 0) is 11.2 Å². The lowest BCUT2D eigenvalue weighted by atomic mass is 9.44. The van der Waals surface area contributed by atoms with Crippen LogP contribution in [0.5, 0.6) is 0 Å². The van der Waals surface area contributed by atoms with Crippen LogP contribution in [0.25, 0.3) is 0 Å². The molecule has 1 heterocycles. The third-order valence-electron chi connectivity index (χ3n) is 7.52. The number of aryl methyl sites for hydroxylation is 1. The Labute approximate surface area is 134 Å². The molecule has 0 aromatic carbocycles. The summed E-state index contributed by atoms with van der Waals surface area (Å²) in [6.07, 6.45) is 10.3. The average molecular weight is 302 g/mol. The van der Waals surface area contributed by atoms with Crippen molar-refractivity contribution in [1.29, 1.82) is 0 Å². The first-order chi connectivity index (χ1) is 10.4. The molecule has 5 atom stereocenters. The summed E-state index contributed by atoms with van der Waals surface area (Å²) in [5.74, 6) is 2.12. The Bertz CT molecular complexity index is 532. The molecule has 0 aliphatic heterocycles. The van der Waals surface area contributed by atoms with Gasteiger partial charge in [-0.3, -0.25) is 4.79 Å². The SMILES string of the molecule is CC1CCC2(C)C(C)C(=O)CCC2C1(C)CCc1ccoc1. The van der Waals surface area contributed by atoms with Crippen molar-refractivity contribution < 1.29 is 9.21 Å². The van der Waals surface area contributed by atoms with E-state index in [-0.39, 0.29) is 11.3 Å². The Kier molecular flexibility index (Phi) is 3.99. The van der Waals surface area contributed by atoms with Crippen LogP contribution in [0.2, 0.25) is 0 Å². The third-order valence-corrected chi connectivity index (χ3v) is 7.52. The number of hydrogen-bond donors (Lipinski definition) is 0. The van der Waals surface area contributed by atoms with Gasteiger partial charge in [-0.05, 0) is 66.4 Å². The standard InChI is InChI=1S/C20H30O2/c1-14-7-10-20(4)15(2)17(21)5-6-18(20)19(14,3)11-8-16-9-12-22-13-16/h9,12-15,18H,5-8,10-11H2,1-4H3. The van der Waals surface area contributed by atoms with E-state index in [0.717, 1.165) is 25.2 Å². The number of carbonyl (C=O) groups excluding carboxylic acids is 1. The minimum Gasteiger partial charge on any atom is -0.472 e. The quantitative estimate of drug-likeness (QED) is 0.761. The number of carbonyl (C=O) groups is 1. The molecule has 2 saturated carbocycles. The van der Waals surface area contributed by atoms with Crippen LogP contribution in [0.4, 0.5) is 0 Å². The lowest BCUT2D eigenvalue weighted by Gasteiger charge is -2.59. The van der Waals surface area contributed by atoms with Crippen LogP contribution in [0.1, 0.15) is 65.4 Å². The molecule has 2 heteroatoms. The van der Waals surface area contributed by atoms with Gasteiger partial charge in [0.2, 0.25) is 0 Å². The van der Waals surface area contributed by atoms with Crippen molar-refractivity contribution in [2.45, 2.75) is 66.2 Å². The predicted molar refractivity (Wildman–Crippen MR) is 88.5 cm³/mol. The Balaban J connectivity index is 1.85. The summed E-state index contributed by atoms with van der Waals surface area (Å²) in [5.41, 5.74) is 1.84. The van der Waals surface area contributed by atoms with Gasteiger partial charge >= 0.3 is 0 Å². The molecule has 122 valence electrons. The highest BCUT2D eigenvalue weighted by molar-refractivity contribution is 5.82. The van der Waals surface area contributed by atoms with Crippen LogP contribution >= 0.6 is 0 Å². The molecule has 1 aromatic rings. The highest BCUT2D eigenvalue weighted by Gasteiger charge is 2.56. The van der Waals surface area contributed by atoms with Gasteiger partial charge in [0.25, 0.3) is 0 Å². The fourth-order valence-electron chi connectivity index (χ4n) is 5.45. The van der Waals surface area contributed by atoms with Gasteiger partial charge in [-0.15, -0.1) is 0 Å². The van der Waals surface area contributed by atoms with Crippen LogP contribution in [0.3, 0.4) is 0 Å². The summed E-state index contributed by atoms with van der Waals surface area (Å²) in [7, 11) is 0. The average Bonchev–Trinajstić information content (AvgIpc) is 3.00. The minimum atomic E-state index is 0.201. The summed E-state index contributed by atoms with van der Waals surface area (Å²) in [6.45, 7) is 9.49. The summed E-state index contributed by atoms with van der Waals surface area (Å²) < 4.78 is 5.23. The molecule has 2 fully saturated rings. The lowest BCUT2D eigenvalue weighted by Crippen LogP contribution is -2.54. The molecule has 3 rings (SSSR count). The van der Waals surface area contributed by atoms with Gasteiger partial charge in [-0.1, -0.05) is 27.7 Å². The van der Waals surface area contributed by atoms with Crippen molar-refractivity contribution in [3.63, 3.8) is 0 Å². The third kappa shape index (κ3) is 2.35. The van der Waals surface area contributed by atoms with Crippen LogP contribution in [0.15, 0.2) is 23.0 Å². The van der Waals surface area contributed by atoms with E-state index in [4.69, 9.17) is 4.42 Å². The summed E-state index contributed by atoms with van der Waals surface area (Å²) in [5, 5.41) is 0. The van der Waals surface area contributed by atoms with Gasteiger partial charge < -0.3 is 4.42 Å². The summed E-state index contributed by atoms with van der Waals surface area (Å²) >= 11 is 0. The summed E-state index contributed by atoms with van der Waals surface area (Å²) in [4.78, 5) is 12.3. The van der Waals surface area contributed by atoms with E-state index in [2.05, 4.69) is 33.8 Å². The first-order valence-corrected chi connectivity index (χ1v) is 8.91. The van der Waals surface area contributed by atoms with Crippen molar-refractivity contribution in [1.82, 2.24) is 0 Å². The Morgan fingerprint density at radius 3 is 2.73 bits per heavy atom. The predicted octanol–water partition coefficient (Wildman–Crippen LogP) is 5.27. The van der Waals surface area contributed by atoms with E-state index in [1.165, 1.54) is 24.8 Å². The zero-order chi connectivity index (χ0) is 16.0. The zero-order valence-corrected chi connectivity index (χ0v) is 14.5. The molecular formula is C20H30O2. The normalized spacial score (nSPS) is 42.2. The smallest absolute Gasteiger partial charge is 0.136 e. The van der Waals surface area contributed by atoms with E-state index in [1.54, 1.807) is 6.26 Å².